The van der Waals surface area contributed by atoms with Gasteiger partial charge < -0.3 is 4.98 Å². The van der Waals surface area contributed by atoms with Crippen molar-refractivity contribution < 1.29 is 8.42 Å². The Kier molecular flexibility index (Phi) is 2.79. The standard InChI is InChI=1S/C12H10N6O2S/c1-7-8(6-13)11(21(14,19)20)18(17-7)12-15-9-4-2-3-5-10(9)16-12/h2-5H,1H3,(H,15,16)(H2,14,19,20). The number of aromatic amines is 1. The van der Waals surface area contributed by atoms with Crippen molar-refractivity contribution in [1.29, 1.82) is 5.26 Å². The number of primary sulfonamides is 1. The molecule has 3 N–H and O–H groups in total. The first-order valence-electron chi connectivity index (χ1n) is 5.89. The molecule has 21 heavy (non-hydrogen) atoms. The Morgan fingerprint density at radius 3 is 2.71 bits per heavy atom. The van der Waals surface area contributed by atoms with Crippen LogP contribution in [0.25, 0.3) is 17.0 Å². The molecule has 0 radical (unpaired) electrons. The van der Waals surface area contributed by atoms with E-state index in [0.29, 0.717) is 5.52 Å². The van der Waals surface area contributed by atoms with Gasteiger partial charge in [-0.3, -0.25) is 0 Å². The molecule has 0 unspecified atom stereocenters. The first kappa shape index (κ1) is 13.3. The highest BCUT2D eigenvalue weighted by molar-refractivity contribution is 7.89. The predicted molar refractivity (Wildman–Crippen MR) is 74.0 cm³/mol. The summed E-state index contributed by atoms with van der Waals surface area (Å²) in [6.07, 6.45) is 0. The Hall–Kier alpha value is -2.70. The summed E-state index contributed by atoms with van der Waals surface area (Å²) in [5.41, 5.74) is 1.55. The van der Waals surface area contributed by atoms with Gasteiger partial charge in [0, 0.05) is 0 Å². The third-order valence-electron chi connectivity index (χ3n) is 2.98. The molecule has 1 aromatic carbocycles. The highest BCUT2D eigenvalue weighted by Crippen LogP contribution is 2.21. The molecule has 106 valence electrons. The second-order valence-electron chi connectivity index (χ2n) is 4.41. The summed E-state index contributed by atoms with van der Waals surface area (Å²) < 4.78 is 24.6. The van der Waals surface area contributed by atoms with Crippen LogP contribution in [0.1, 0.15) is 11.3 Å². The molecular weight excluding hydrogens is 292 g/mol. The van der Waals surface area contributed by atoms with Gasteiger partial charge in [0.05, 0.1) is 16.7 Å². The number of fused-ring (bicyclic) bond motifs is 1. The molecule has 0 aliphatic rings. The lowest BCUT2D eigenvalue weighted by Gasteiger charge is -2.01. The molecule has 0 aliphatic heterocycles. The lowest BCUT2D eigenvalue weighted by atomic mass is 10.3. The van der Waals surface area contributed by atoms with E-state index < -0.39 is 10.0 Å². The fraction of sp³-hybridized carbons (Fsp3) is 0.0833. The van der Waals surface area contributed by atoms with Crippen molar-refractivity contribution in [1.82, 2.24) is 19.7 Å². The van der Waals surface area contributed by atoms with Gasteiger partial charge in [0.25, 0.3) is 10.0 Å². The van der Waals surface area contributed by atoms with Gasteiger partial charge in [-0.15, -0.1) is 0 Å². The minimum atomic E-state index is -4.12. The number of hydrogen-bond donors (Lipinski definition) is 2. The van der Waals surface area contributed by atoms with Gasteiger partial charge in [0.2, 0.25) is 5.95 Å². The number of aryl methyl sites for hydroxylation is 1. The van der Waals surface area contributed by atoms with E-state index in [1.165, 1.54) is 6.92 Å². The van der Waals surface area contributed by atoms with Crippen molar-refractivity contribution in [3.63, 3.8) is 0 Å². The van der Waals surface area contributed by atoms with Gasteiger partial charge in [0.1, 0.15) is 11.6 Å². The minimum Gasteiger partial charge on any atom is -0.322 e. The number of sulfonamides is 1. The molecule has 2 heterocycles. The lowest BCUT2D eigenvalue weighted by Crippen LogP contribution is -2.19. The van der Waals surface area contributed by atoms with Gasteiger partial charge in [-0.2, -0.15) is 15.0 Å². The van der Waals surface area contributed by atoms with E-state index in [-0.39, 0.29) is 22.2 Å². The Bertz CT molecular complexity index is 960. The Balaban J connectivity index is 2.35. The second kappa shape index (κ2) is 4.41. The third-order valence-corrected chi connectivity index (χ3v) is 3.89. The molecule has 0 saturated heterocycles. The van der Waals surface area contributed by atoms with Crippen LogP contribution in [0.2, 0.25) is 0 Å². The number of imidazole rings is 1. The van der Waals surface area contributed by atoms with Gasteiger partial charge >= 0.3 is 0 Å². The number of H-pyrrole nitrogens is 1. The first-order valence-corrected chi connectivity index (χ1v) is 7.44. The quantitative estimate of drug-likeness (QED) is 0.714. The fourth-order valence-electron chi connectivity index (χ4n) is 2.08. The number of nitrogens with two attached hydrogens (primary N) is 1. The molecule has 8 nitrogen and oxygen atoms in total. The van der Waals surface area contributed by atoms with Crippen molar-refractivity contribution in [2.24, 2.45) is 5.14 Å². The number of rotatable bonds is 2. The summed E-state index contributed by atoms with van der Waals surface area (Å²) in [5, 5.41) is 18.0. The Morgan fingerprint density at radius 1 is 1.38 bits per heavy atom. The number of nitrogens with zero attached hydrogens (tertiary/aromatic N) is 4. The SMILES string of the molecule is Cc1nn(-c2nc3ccccc3[nH]2)c(S(N)(=O)=O)c1C#N. The Morgan fingerprint density at radius 2 is 2.10 bits per heavy atom. The van der Waals surface area contributed by atoms with E-state index in [2.05, 4.69) is 15.1 Å². The first-order chi connectivity index (χ1) is 9.91. The number of nitriles is 1. The van der Waals surface area contributed by atoms with Crippen molar-refractivity contribution in [2.75, 3.05) is 0 Å². The molecule has 2 aromatic heterocycles. The van der Waals surface area contributed by atoms with E-state index >= 15 is 0 Å². The maximum atomic E-state index is 11.8. The van der Waals surface area contributed by atoms with Crippen LogP contribution < -0.4 is 5.14 Å². The number of aromatic nitrogens is 4. The summed E-state index contributed by atoms with van der Waals surface area (Å²) in [4.78, 5) is 7.21. The number of hydrogen-bond acceptors (Lipinski definition) is 5. The maximum Gasteiger partial charge on any atom is 0.257 e. The minimum absolute atomic E-state index is 0.0852. The van der Waals surface area contributed by atoms with Crippen LogP contribution in [0.4, 0.5) is 0 Å². The van der Waals surface area contributed by atoms with Crippen LogP contribution >= 0.6 is 0 Å². The van der Waals surface area contributed by atoms with E-state index in [4.69, 9.17) is 10.4 Å². The van der Waals surface area contributed by atoms with Crippen LogP contribution in [0.15, 0.2) is 29.3 Å². The molecule has 0 bridgehead atoms. The summed E-state index contributed by atoms with van der Waals surface area (Å²) in [6, 6.07) is 9.00. The molecule has 0 spiro atoms. The molecule has 3 rings (SSSR count). The number of benzene rings is 1. The number of nitrogens with one attached hydrogen (secondary N) is 1. The highest BCUT2D eigenvalue weighted by atomic mass is 32.2. The summed E-state index contributed by atoms with van der Waals surface area (Å²) in [7, 11) is -4.12. The van der Waals surface area contributed by atoms with E-state index in [0.717, 1.165) is 10.2 Å². The van der Waals surface area contributed by atoms with Crippen LogP contribution in [0, 0.1) is 18.3 Å². The summed E-state index contributed by atoms with van der Waals surface area (Å²) in [6.45, 7) is 1.53. The van der Waals surface area contributed by atoms with Crippen LogP contribution in [0.5, 0.6) is 0 Å². The van der Waals surface area contributed by atoms with Crippen LogP contribution in [0.3, 0.4) is 0 Å². The zero-order valence-electron chi connectivity index (χ0n) is 10.9. The van der Waals surface area contributed by atoms with E-state index in [9.17, 15) is 8.42 Å². The van der Waals surface area contributed by atoms with Crippen molar-refractivity contribution in [3.8, 4) is 12.0 Å². The molecule has 0 amide bonds. The Labute approximate surface area is 119 Å². The maximum absolute atomic E-state index is 11.8. The third kappa shape index (κ3) is 2.06. The molecule has 3 aromatic rings. The van der Waals surface area contributed by atoms with Gasteiger partial charge in [-0.25, -0.2) is 18.5 Å². The van der Waals surface area contributed by atoms with Gasteiger partial charge in [-0.1, -0.05) is 12.1 Å². The smallest absolute Gasteiger partial charge is 0.257 e. The average molecular weight is 302 g/mol. The fourth-order valence-corrected chi connectivity index (χ4v) is 2.93. The summed E-state index contributed by atoms with van der Waals surface area (Å²) >= 11 is 0. The molecule has 0 atom stereocenters. The zero-order valence-corrected chi connectivity index (χ0v) is 11.7. The molecule has 0 saturated carbocycles. The lowest BCUT2D eigenvalue weighted by molar-refractivity contribution is 0.585. The molecule has 9 heteroatoms. The normalized spacial score (nSPS) is 11.7. The van der Waals surface area contributed by atoms with Crippen LogP contribution in [-0.4, -0.2) is 28.2 Å². The van der Waals surface area contributed by atoms with Gasteiger partial charge in [-0.05, 0) is 19.1 Å². The van der Waals surface area contributed by atoms with Crippen molar-refractivity contribution >= 4 is 21.1 Å². The van der Waals surface area contributed by atoms with Crippen molar-refractivity contribution in [3.05, 3.63) is 35.5 Å². The van der Waals surface area contributed by atoms with Crippen molar-refractivity contribution in [2.45, 2.75) is 11.9 Å². The molecule has 0 fully saturated rings. The van der Waals surface area contributed by atoms with Crippen LogP contribution in [-0.2, 0) is 10.0 Å². The molecule has 0 aliphatic carbocycles. The molecular formula is C12H10N6O2S. The second-order valence-corrected chi connectivity index (χ2v) is 5.89. The van der Waals surface area contributed by atoms with E-state index in [1.807, 2.05) is 18.2 Å². The zero-order chi connectivity index (χ0) is 15.2. The van der Waals surface area contributed by atoms with E-state index in [1.54, 1.807) is 12.1 Å². The predicted octanol–water partition coefficient (Wildman–Crippen LogP) is 0.576. The summed E-state index contributed by atoms with van der Waals surface area (Å²) in [5.74, 6) is 0.185. The monoisotopic (exact) mass is 302 g/mol. The number of para-hydroxylation sites is 2. The average Bonchev–Trinajstić information content (AvgIpc) is 2.97. The topological polar surface area (TPSA) is 130 Å². The van der Waals surface area contributed by atoms with Gasteiger partial charge in [0.15, 0.2) is 5.03 Å². The largest absolute Gasteiger partial charge is 0.322 e. The highest BCUT2D eigenvalue weighted by Gasteiger charge is 2.26.